The molecule has 2 aliphatic heterocycles. The van der Waals surface area contributed by atoms with Crippen LogP contribution in [0.2, 0.25) is 0 Å². The highest BCUT2D eigenvalue weighted by molar-refractivity contribution is 7.10. The second-order valence-electron chi connectivity index (χ2n) is 6.67. The largest absolute Gasteiger partial charge is 0.454 e. The number of carbonyl (C=O) groups is 1. The van der Waals surface area contributed by atoms with E-state index >= 15 is 0 Å². The molecule has 7 nitrogen and oxygen atoms in total. The number of nitrogens with zero attached hydrogens (tertiary/aromatic N) is 2. The summed E-state index contributed by atoms with van der Waals surface area (Å²) in [5, 5.41) is 8.44. The third-order valence-electron chi connectivity index (χ3n) is 4.77. The first-order chi connectivity index (χ1) is 13.7. The number of aliphatic imine (C=N–C) groups is 1. The second kappa shape index (κ2) is 8.52. The fourth-order valence-electron chi connectivity index (χ4n) is 3.28. The zero-order chi connectivity index (χ0) is 19.3. The van der Waals surface area contributed by atoms with Gasteiger partial charge >= 0.3 is 0 Å². The van der Waals surface area contributed by atoms with E-state index in [0.717, 1.165) is 36.6 Å². The van der Waals surface area contributed by atoms with E-state index in [4.69, 9.17) is 9.47 Å². The van der Waals surface area contributed by atoms with E-state index in [1.807, 2.05) is 30.0 Å². The molecule has 2 aliphatic rings. The second-order valence-corrected chi connectivity index (χ2v) is 7.67. The number of nitrogens with one attached hydrogen (secondary N) is 2. The fourth-order valence-corrected chi connectivity index (χ4v) is 4.17. The van der Waals surface area contributed by atoms with Gasteiger partial charge in [-0.3, -0.25) is 4.79 Å². The van der Waals surface area contributed by atoms with E-state index in [-0.39, 0.29) is 19.2 Å². The molecule has 1 aromatic carbocycles. The zero-order valence-electron chi connectivity index (χ0n) is 15.9. The lowest BCUT2D eigenvalue weighted by atomic mass is 10.1. The Kier molecular flexibility index (Phi) is 5.66. The van der Waals surface area contributed by atoms with Crippen molar-refractivity contribution >= 4 is 23.2 Å². The first-order valence-electron chi connectivity index (χ1n) is 9.46. The maximum Gasteiger partial charge on any atom is 0.242 e. The number of carbonyl (C=O) groups excluding carboxylic acids is 1. The number of benzene rings is 1. The average Bonchev–Trinajstić information content (AvgIpc) is 3.37. The molecule has 2 aromatic rings. The summed E-state index contributed by atoms with van der Waals surface area (Å²) in [5.41, 5.74) is 2.29. The van der Waals surface area contributed by atoms with E-state index in [2.05, 4.69) is 27.1 Å². The van der Waals surface area contributed by atoms with Gasteiger partial charge in [0.1, 0.15) is 0 Å². The number of rotatable bonds is 5. The molecular weight excluding hydrogens is 376 g/mol. The molecule has 0 fully saturated rings. The molecule has 0 atom stereocenters. The molecule has 28 heavy (non-hydrogen) atoms. The lowest BCUT2D eigenvalue weighted by Gasteiger charge is -2.27. The molecule has 0 aliphatic carbocycles. The highest BCUT2D eigenvalue weighted by atomic mass is 32.1. The molecule has 8 heteroatoms. The Labute approximate surface area is 168 Å². The van der Waals surface area contributed by atoms with Crippen LogP contribution in [0.15, 0.2) is 34.6 Å². The van der Waals surface area contributed by atoms with Gasteiger partial charge in [0.2, 0.25) is 12.7 Å². The first-order valence-corrected chi connectivity index (χ1v) is 10.3. The van der Waals surface area contributed by atoms with Gasteiger partial charge in [-0.25, -0.2) is 4.99 Å². The number of guanidine groups is 1. The Morgan fingerprint density at radius 1 is 1.25 bits per heavy atom. The van der Waals surface area contributed by atoms with Crippen LogP contribution < -0.4 is 20.1 Å². The number of amides is 1. The maximum absolute atomic E-state index is 12.6. The molecule has 4 rings (SSSR count). The Morgan fingerprint density at radius 3 is 3.04 bits per heavy atom. The highest BCUT2D eigenvalue weighted by Gasteiger charge is 2.21. The van der Waals surface area contributed by atoms with E-state index < -0.39 is 0 Å². The minimum atomic E-state index is 0.0885. The summed E-state index contributed by atoms with van der Waals surface area (Å²) >= 11 is 1.78. The van der Waals surface area contributed by atoms with Crippen molar-refractivity contribution in [3.05, 3.63) is 45.6 Å². The summed E-state index contributed by atoms with van der Waals surface area (Å²) in [4.78, 5) is 20.5. The molecule has 0 spiro atoms. The molecular formula is C20H24N4O3S. The van der Waals surface area contributed by atoms with E-state index in [0.29, 0.717) is 19.0 Å². The van der Waals surface area contributed by atoms with Gasteiger partial charge in [0.05, 0.1) is 13.1 Å². The summed E-state index contributed by atoms with van der Waals surface area (Å²) < 4.78 is 10.7. The number of hydrogen-bond donors (Lipinski definition) is 2. The lowest BCUT2D eigenvalue weighted by molar-refractivity contribution is -0.130. The molecule has 2 N–H and O–H groups in total. The van der Waals surface area contributed by atoms with Gasteiger partial charge < -0.3 is 25.0 Å². The number of fused-ring (bicyclic) bond motifs is 2. The van der Waals surface area contributed by atoms with Gasteiger partial charge in [-0.05, 0) is 48.1 Å². The van der Waals surface area contributed by atoms with Crippen LogP contribution in [0, 0.1) is 0 Å². The summed E-state index contributed by atoms with van der Waals surface area (Å²) in [6, 6.07) is 7.92. The zero-order valence-corrected chi connectivity index (χ0v) is 16.7. The van der Waals surface area contributed by atoms with Crippen molar-refractivity contribution in [2.24, 2.45) is 4.99 Å². The predicted octanol–water partition coefficient (Wildman–Crippen LogP) is 2.12. The number of hydrogen-bond acceptors (Lipinski definition) is 5. The average molecular weight is 401 g/mol. The van der Waals surface area contributed by atoms with Crippen LogP contribution in [0.1, 0.15) is 22.9 Å². The van der Waals surface area contributed by atoms with Gasteiger partial charge in [-0.2, -0.15) is 0 Å². The molecule has 0 bridgehead atoms. The Hall–Kier alpha value is -2.74. The quantitative estimate of drug-likeness (QED) is 0.594. The van der Waals surface area contributed by atoms with Crippen LogP contribution >= 0.6 is 11.3 Å². The van der Waals surface area contributed by atoms with Crippen molar-refractivity contribution in [2.45, 2.75) is 26.4 Å². The molecule has 0 saturated carbocycles. The minimum Gasteiger partial charge on any atom is -0.454 e. The molecule has 148 valence electrons. The third kappa shape index (κ3) is 4.22. The van der Waals surface area contributed by atoms with E-state index in [1.54, 1.807) is 11.3 Å². The normalized spacial score (nSPS) is 15.3. The summed E-state index contributed by atoms with van der Waals surface area (Å²) in [6.07, 6.45) is 0.941. The Morgan fingerprint density at radius 2 is 2.14 bits per heavy atom. The fraction of sp³-hybridized carbons (Fsp3) is 0.400. The van der Waals surface area contributed by atoms with Crippen LogP contribution in [-0.4, -0.2) is 43.2 Å². The molecule has 3 heterocycles. The van der Waals surface area contributed by atoms with Gasteiger partial charge in [-0.1, -0.05) is 6.07 Å². The summed E-state index contributed by atoms with van der Waals surface area (Å²) in [5.74, 6) is 2.23. The molecule has 0 unspecified atom stereocenters. The van der Waals surface area contributed by atoms with Crippen molar-refractivity contribution in [3.8, 4) is 11.5 Å². The Bertz CT molecular complexity index is 880. The van der Waals surface area contributed by atoms with Crippen LogP contribution in [0.5, 0.6) is 11.5 Å². The maximum atomic E-state index is 12.6. The smallest absolute Gasteiger partial charge is 0.242 e. The molecule has 1 aromatic heterocycles. The Balaban J connectivity index is 1.33. The first kappa shape index (κ1) is 18.6. The molecule has 0 saturated heterocycles. The van der Waals surface area contributed by atoms with Crippen molar-refractivity contribution in [1.29, 1.82) is 0 Å². The van der Waals surface area contributed by atoms with Crippen molar-refractivity contribution in [2.75, 3.05) is 26.4 Å². The van der Waals surface area contributed by atoms with Crippen molar-refractivity contribution < 1.29 is 14.3 Å². The third-order valence-corrected chi connectivity index (χ3v) is 5.79. The predicted molar refractivity (Wildman–Crippen MR) is 109 cm³/mol. The summed E-state index contributed by atoms with van der Waals surface area (Å²) in [6.45, 7) is 5.18. The lowest BCUT2D eigenvalue weighted by Crippen LogP contribution is -2.45. The SMILES string of the molecule is CCNC(=NCc1ccc2c(c1)OCO2)NCC(=O)N1CCc2sccc2C1. The highest BCUT2D eigenvalue weighted by Crippen LogP contribution is 2.32. The van der Waals surface area contributed by atoms with Gasteiger partial charge in [0, 0.05) is 24.5 Å². The van der Waals surface area contributed by atoms with Gasteiger partial charge in [0.15, 0.2) is 17.5 Å². The van der Waals surface area contributed by atoms with Crippen LogP contribution in [0.3, 0.4) is 0 Å². The summed E-state index contributed by atoms with van der Waals surface area (Å²) in [7, 11) is 0. The van der Waals surface area contributed by atoms with Crippen molar-refractivity contribution in [1.82, 2.24) is 15.5 Å². The topological polar surface area (TPSA) is 75.2 Å². The number of thiophene rings is 1. The monoisotopic (exact) mass is 400 g/mol. The number of ether oxygens (including phenoxy) is 2. The van der Waals surface area contributed by atoms with Crippen LogP contribution in [0.4, 0.5) is 0 Å². The van der Waals surface area contributed by atoms with Crippen LogP contribution in [-0.2, 0) is 24.3 Å². The van der Waals surface area contributed by atoms with E-state index in [9.17, 15) is 4.79 Å². The molecule has 0 radical (unpaired) electrons. The molecule has 1 amide bonds. The van der Waals surface area contributed by atoms with Crippen LogP contribution in [0.25, 0.3) is 0 Å². The van der Waals surface area contributed by atoms with Gasteiger partial charge in [-0.15, -0.1) is 11.3 Å². The van der Waals surface area contributed by atoms with Gasteiger partial charge in [0.25, 0.3) is 0 Å². The van der Waals surface area contributed by atoms with Crippen molar-refractivity contribution in [3.63, 3.8) is 0 Å². The minimum absolute atomic E-state index is 0.0885. The standard InChI is InChI=1S/C20H24N4O3S/c1-2-21-20(22-10-14-3-4-16-17(9-14)27-13-26-16)23-11-19(25)24-7-5-18-15(12-24)6-8-28-18/h3-4,6,8-9H,2,5,7,10-13H2,1H3,(H2,21,22,23). The van der Waals surface area contributed by atoms with E-state index in [1.165, 1.54) is 10.4 Å².